The SMILES string of the molecule is CCCC(C)(NS(=O)(=O)c1ccc(C)s1)C(=O)OC. The van der Waals surface area contributed by atoms with Gasteiger partial charge in [-0.2, -0.15) is 4.72 Å². The molecule has 0 saturated heterocycles. The van der Waals surface area contributed by atoms with Crippen LogP contribution in [0.3, 0.4) is 0 Å². The van der Waals surface area contributed by atoms with Crippen molar-refractivity contribution in [3.05, 3.63) is 17.0 Å². The number of hydrogen-bond donors (Lipinski definition) is 1. The highest BCUT2D eigenvalue weighted by molar-refractivity contribution is 7.91. The molecule has 7 heteroatoms. The predicted octanol–water partition coefficient (Wildman–Crippen LogP) is 2.07. The van der Waals surface area contributed by atoms with E-state index in [0.717, 1.165) is 4.88 Å². The molecule has 108 valence electrons. The molecule has 1 N–H and O–H groups in total. The van der Waals surface area contributed by atoms with Crippen molar-refractivity contribution in [3.63, 3.8) is 0 Å². The quantitative estimate of drug-likeness (QED) is 0.817. The van der Waals surface area contributed by atoms with Crippen LogP contribution < -0.4 is 4.72 Å². The summed E-state index contributed by atoms with van der Waals surface area (Å²) in [4.78, 5) is 12.7. The first-order valence-electron chi connectivity index (χ1n) is 5.94. The van der Waals surface area contributed by atoms with Crippen molar-refractivity contribution in [2.45, 2.75) is 43.4 Å². The van der Waals surface area contributed by atoms with Gasteiger partial charge in [0.15, 0.2) is 0 Å². The van der Waals surface area contributed by atoms with Gasteiger partial charge in [0.25, 0.3) is 10.0 Å². The molecule has 0 aromatic carbocycles. The molecule has 0 spiro atoms. The number of rotatable bonds is 6. The lowest BCUT2D eigenvalue weighted by Crippen LogP contribution is -2.52. The molecule has 0 aliphatic heterocycles. The van der Waals surface area contributed by atoms with Gasteiger partial charge in [0.05, 0.1) is 7.11 Å². The van der Waals surface area contributed by atoms with Crippen molar-refractivity contribution in [2.75, 3.05) is 7.11 Å². The summed E-state index contributed by atoms with van der Waals surface area (Å²) in [6.07, 6.45) is 1.04. The molecule has 0 amide bonds. The molecule has 1 unspecified atom stereocenters. The highest BCUT2D eigenvalue weighted by Crippen LogP contribution is 2.24. The van der Waals surface area contributed by atoms with Crippen LogP contribution >= 0.6 is 11.3 Å². The Kier molecular flexibility index (Phi) is 5.11. The van der Waals surface area contributed by atoms with Crippen LogP contribution in [-0.2, 0) is 19.6 Å². The minimum Gasteiger partial charge on any atom is -0.468 e. The van der Waals surface area contributed by atoms with E-state index in [1.807, 2.05) is 13.8 Å². The van der Waals surface area contributed by atoms with Gasteiger partial charge in [0.1, 0.15) is 9.75 Å². The van der Waals surface area contributed by atoms with Crippen LogP contribution in [0.5, 0.6) is 0 Å². The van der Waals surface area contributed by atoms with Crippen LogP contribution in [0.15, 0.2) is 16.3 Å². The van der Waals surface area contributed by atoms with Crippen LogP contribution in [0.4, 0.5) is 0 Å². The van der Waals surface area contributed by atoms with Gasteiger partial charge < -0.3 is 4.74 Å². The normalized spacial score (nSPS) is 14.9. The predicted molar refractivity (Wildman–Crippen MR) is 74.7 cm³/mol. The molecule has 0 aliphatic rings. The van der Waals surface area contributed by atoms with Crippen molar-refractivity contribution in [2.24, 2.45) is 0 Å². The van der Waals surface area contributed by atoms with E-state index in [1.165, 1.54) is 24.5 Å². The lowest BCUT2D eigenvalue weighted by Gasteiger charge is -2.26. The third-order valence-electron chi connectivity index (χ3n) is 2.73. The molecule has 5 nitrogen and oxygen atoms in total. The van der Waals surface area contributed by atoms with Crippen molar-refractivity contribution in [1.29, 1.82) is 0 Å². The standard InChI is InChI=1S/C12H19NO4S2/c1-5-8-12(3,11(14)17-4)13-19(15,16)10-7-6-9(2)18-10/h6-7,13H,5,8H2,1-4H3. The Morgan fingerprint density at radius 1 is 1.47 bits per heavy atom. The number of methoxy groups -OCH3 is 1. The van der Waals surface area contributed by atoms with Crippen LogP contribution in [0, 0.1) is 6.92 Å². The smallest absolute Gasteiger partial charge is 0.326 e. The number of thiophene rings is 1. The zero-order chi connectivity index (χ0) is 14.7. The highest BCUT2D eigenvalue weighted by Gasteiger charge is 2.38. The van der Waals surface area contributed by atoms with Gasteiger partial charge in [0, 0.05) is 4.88 Å². The highest BCUT2D eigenvalue weighted by atomic mass is 32.2. The third kappa shape index (κ3) is 3.77. The maximum Gasteiger partial charge on any atom is 0.326 e. The number of ether oxygens (including phenoxy) is 1. The Balaban J connectivity index is 3.06. The molecular weight excluding hydrogens is 286 g/mol. The van der Waals surface area contributed by atoms with Crippen LogP contribution in [-0.4, -0.2) is 27.0 Å². The second-order valence-corrected chi connectivity index (χ2v) is 7.74. The van der Waals surface area contributed by atoms with Crippen LogP contribution in [0.2, 0.25) is 0 Å². The van der Waals surface area contributed by atoms with E-state index in [4.69, 9.17) is 4.74 Å². The van der Waals surface area contributed by atoms with E-state index >= 15 is 0 Å². The lowest BCUT2D eigenvalue weighted by atomic mass is 9.98. The Hall–Kier alpha value is -0.920. The fraction of sp³-hybridized carbons (Fsp3) is 0.583. The molecule has 1 atom stereocenters. The number of hydrogen-bond acceptors (Lipinski definition) is 5. The van der Waals surface area contributed by atoms with Gasteiger partial charge in [0.2, 0.25) is 0 Å². The van der Waals surface area contributed by atoms with Gasteiger partial charge >= 0.3 is 5.97 Å². The van der Waals surface area contributed by atoms with E-state index in [1.54, 1.807) is 13.0 Å². The number of sulfonamides is 1. The van der Waals surface area contributed by atoms with E-state index in [2.05, 4.69) is 4.72 Å². The molecule has 1 aromatic rings. The summed E-state index contributed by atoms with van der Waals surface area (Å²) in [5, 5.41) is 0. The number of nitrogens with one attached hydrogen (secondary N) is 1. The van der Waals surface area contributed by atoms with Gasteiger partial charge in [-0.15, -0.1) is 11.3 Å². The van der Waals surface area contributed by atoms with E-state index in [0.29, 0.717) is 12.8 Å². The third-order valence-corrected chi connectivity index (χ3v) is 5.81. The minimum atomic E-state index is -3.71. The molecular formula is C12H19NO4S2. The molecule has 0 bridgehead atoms. The van der Waals surface area contributed by atoms with Crippen molar-refractivity contribution < 1.29 is 17.9 Å². The van der Waals surface area contributed by atoms with E-state index in [-0.39, 0.29) is 4.21 Å². The molecule has 1 aromatic heterocycles. The molecule has 1 rings (SSSR count). The number of aryl methyl sites for hydroxylation is 1. The Morgan fingerprint density at radius 2 is 2.11 bits per heavy atom. The summed E-state index contributed by atoms with van der Waals surface area (Å²) < 4.78 is 31.9. The average molecular weight is 305 g/mol. The van der Waals surface area contributed by atoms with Crippen molar-refractivity contribution in [1.82, 2.24) is 4.72 Å². The summed E-state index contributed by atoms with van der Waals surface area (Å²) in [5.74, 6) is -0.578. The molecule has 1 heterocycles. The van der Waals surface area contributed by atoms with Gasteiger partial charge in [-0.25, -0.2) is 8.42 Å². The van der Waals surface area contributed by atoms with Crippen LogP contribution in [0.25, 0.3) is 0 Å². The maximum absolute atomic E-state index is 12.2. The first kappa shape index (κ1) is 16.1. The minimum absolute atomic E-state index is 0.205. The van der Waals surface area contributed by atoms with Gasteiger partial charge in [-0.05, 0) is 32.4 Å². The van der Waals surface area contributed by atoms with Gasteiger partial charge in [-0.1, -0.05) is 13.3 Å². The molecule has 0 saturated carbocycles. The summed E-state index contributed by atoms with van der Waals surface area (Å²) >= 11 is 1.17. The second kappa shape index (κ2) is 6.02. The van der Waals surface area contributed by atoms with E-state index < -0.39 is 21.5 Å². The summed E-state index contributed by atoms with van der Waals surface area (Å²) in [6.45, 7) is 5.25. The number of carbonyl (C=O) groups is 1. The fourth-order valence-electron chi connectivity index (χ4n) is 1.82. The maximum atomic E-state index is 12.2. The van der Waals surface area contributed by atoms with Crippen molar-refractivity contribution in [3.8, 4) is 0 Å². The first-order chi connectivity index (χ1) is 8.75. The monoisotopic (exact) mass is 305 g/mol. The molecule has 19 heavy (non-hydrogen) atoms. The summed E-state index contributed by atoms with van der Waals surface area (Å²) in [7, 11) is -2.46. The first-order valence-corrected chi connectivity index (χ1v) is 8.24. The fourth-order valence-corrected chi connectivity index (χ4v) is 4.50. The zero-order valence-corrected chi connectivity index (χ0v) is 13.2. The van der Waals surface area contributed by atoms with Crippen molar-refractivity contribution >= 4 is 27.3 Å². The number of carbonyl (C=O) groups excluding carboxylic acids is 1. The molecule has 0 aliphatic carbocycles. The van der Waals surface area contributed by atoms with E-state index in [9.17, 15) is 13.2 Å². The zero-order valence-electron chi connectivity index (χ0n) is 11.5. The average Bonchev–Trinajstić information content (AvgIpc) is 2.75. The Morgan fingerprint density at radius 3 is 2.53 bits per heavy atom. The van der Waals surface area contributed by atoms with Gasteiger partial charge in [-0.3, -0.25) is 4.79 Å². The Bertz CT molecular complexity index is 550. The Labute approximate surface area is 118 Å². The largest absolute Gasteiger partial charge is 0.468 e. The summed E-state index contributed by atoms with van der Waals surface area (Å²) in [5.41, 5.74) is -1.24. The number of esters is 1. The summed E-state index contributed by atoms with van der Waals surface area (Å²) in [6, 6.07) is 3.26. The van der Waals surface area contributed by atoms with Crippen LogP contribution in [0.1, 0.15) is 31.6 Å². The molecule has 0 fully saturated rings. The molecule has 0 radical (unpaired) electrons. The topological polar surface area (TPSA) is 72.5 Å². The second-order valence-electron chi connectivity index (χ2n) is 4.54. The lowest BCUT2D eigenvalue weighted by molar-refractivity contribution is -0.147.